The number of imidazole rings is 1. The van der Waals surface area contributed by atoms with Gasteiger partial charge in [0, 0.05) is 40.2 Å². The molecule has 1 amide bonds. The van der Waals surface area contributed by atoms with E-state index in [1.165, 1.54) is 17.9 Å². The molecule has 9 nitrogen and oxygen atoms in total. The predicted octanol–water partition coefficient (Wildman–Crippen LogP) is -1.50. The normalized spacial score (nSPS) is 11.3. The predicted molar refractivity (Wildman–Crippen MR) is 86.4 cm³/mol. The minimum absolute atomic E-state index is 0.0385. The number of nitrogens with zero attached hydrogens (tertiary/aromatic N) is 5. The summed E-state index contributed by atoms with van der Waals surface area (Å²) in [5, 5.41) is 2.81. The molecular weight excluding hydrogens is 300 g/mol. The quantitative estimate of drug-likeness (QED) is 0.699. The molecule has 2 rings (SSSR count). The molecule has 2 heterocycles. The molecule has 0 spiro atoms. The van der Waals surface area contributed by atoms with Crippen LogP contribution in [-0.2, 0) is 25.4 Å². The molecule has 0 aliphatic rings. The first-order chi connectivity index (χ1) is 10.8. The van der Waals surface area contributed by atoms with Gasteiger partial charge in [0.15, 0.2) is 11.2 Å². The van der Waals surface area contributed by atoms with Gasteiger partial charge in [0.2, 0.25) is 5.91 Å². The summed E-state index contributed by atoms with van der Waals surface area (Å²) >= 11 is 0. The van der Waals surface area contributed by atoms with Gasteiger partial charge < -0.3 is 14.8 Å². The van der Waals surface area contributed by atoms with Crippen molar-refractivity contribution >= 4 is 17.1 Å². The van der Waals surface area contributed by atoms with Crippen LogP contribution in [0.4, 0.5) is 0 Å². The summed E-state index contributed by atoms with van der Waals surface area (Å²) in [6.07, 6.45) is 1.94. The van der Waals surface area contributed by atoms with Gasteiger partial charge in [0.05, 0.1) is 6.33 Å². The average Bonchev–Trinajstić information content (AvgIpc) is 2.93. The molecule has 0 saturated carbocycles. The van der Waals surface area contributed by atoms with Crippen molar-refractivity contribution in [1.29, 1.82) is 0 Å². The highest BCUT2D eigenvalue weighted by atomic mass is 16.2. The van der Waals surface area contributed by atoms with Crippen LogP contribution in [0.15, 0.2) is 15.9 Å². The van der Waals surface area contributed by atoms with Crippen LogP contribution in [0.25, 0.3) is 11.2 Å². The SMILES string of the molecule is CN(C)CCC(=O)NCCn1cnc2c1c(=O)n(C)c(=O)n2C. The van der Waals surface area contributed by atoms with Gasteiger partial charge in [0.1, 0.15) is 0 Å². The third-order valence-corrected chi connectivity index (χ3v) is 3.68. The Labute approximate surface area is 133 Å². The van der Waals surface area contributed by atoms with E-state index in [2.05, 4.69) is 10.3 Å². The average molecular weight is 322 g/mol. The Balaban J connectivity index is 2.12. The lowest BCUT2D eigenvalue weighted by Crippen LogP contribution is -2.38. The van der Waals surface area contributed by atoms with E-state index in [1.807, 2.05) is 19.0 Å². The number of carbonyl (C=O) groups excluding carboxylic acids is 1. The van der Waals surface area contributed by atoms with Crippen LogP contribution in [0.2, 0.25) is 0 Å². The summed E-state index contributed by atoms with van der Waals surface area (Å²) in [5.41, 5.74) is -0.0987. The van der Waals surface area contributed by atoms with Crippen LogP contribution in [0.1, 0.15) is 6.42 Å². The standard InChI is InChI=1S/C14H22N6O3/c1-17(2)7-5-10(21)15-6-8-20-9-16-12-11(20)13(22)19(4)14(23)18(12)3/h9H,5-8H2,1-4H3,(H,15,21). The van der Waals surface area contributed by atoms with E-state index in [9.17, 15) is 14.4 Å². The molecule has 0 radical (unpaired) electrons. The van der Waals surface area contributed by atoms with E-state index in [-0.39, 0.29) is 11.5 Å². The monoisotopic (exact) mass is 322 g/mol. The fraction of sp³-hybridized carbons (Fsp3) is 0.571. The van der Waals surface area contributed by atoms with Crippen molar-refractivity contribution in [2.45, 2.75) is 13.0 Å². The molecule has 9 heteroatoms. The van der Waals surface area contributed by atoms with Crippen molar-refractivity contribution in [3.05, 3.63) is 27.2 Å². The number of amides is 1. The van der Waals surface area contributed by atoms with Crippen LogP contribution in [-0.4, -0.2) is 56.7 Å². The lowest BCUT2D eigenvalue weighted by molar-refractivity contribution is -0.121. The molecule has 0 aromatic carbocycles. The molecule has 1 N–H and O–H groups in total. The largest absolute Gasteiger partial charge is 0.354 e. The maximum atomic E-state index is 12.3. The van der Waals surface area contributed by atoms with Crippen molar-refractivity contribution in [2.75, 3.05) is 27.2 Å². The molecule has 0 fully saturated rings. The molecule has 126 valence electrons. The Bertz CT molecular complexity index is 829. The Morgan fingerprint density at radius 3 is 2.61 bits per heavy atom. The molecule has 0 aliphatic heterocycles. The number of rotatable bonds is 6. The third kappa shape index (κ3) is 3.50. The Morgan fingerprint density at radius 1 is 1.26 bits per heavy atom. The van der Waals surface area contributed by atoms with E-state index in [1.54, 1.807) is 11.6 Å². The van der Waals surface area contributed by atoms with E-state index >= 15 is 0 Å². The van der Waals surface area contributed by atoms with Crippen molar-refractivity contribution in [1.82, 2.24) is 28.9 Å². The van der Waals surface area contributed by atoms with Gasteiger partial charge in [-0.15, -0.1) is 0 Å². The number of aromatic nitrogens is 4. The molecule has 0 aliphatic carbocycles. The molecule has 0 saturated heterocycles. The molecule has 0 bridgehead atoms. The second-order valence-electron chi connectivity index (χ2n) is 5.72. The van der Waals surface area contributed by atoms with Crippen LogP contribution >= 0.6 is 0 Å². The van der Waals surface area contributed by atoms with Crippen molar-refractivity contribution in [3.63, 3.8) is 0 Å². The summed E-state index contributed by atoms with van der Waals surface area (Å²) in [7, 11) is 6.82. The third-order valence-electron chi connectivity index (χ3n) is 3.68. The number of nitrogens with one attached hydrogen (secondary N) is 1. The fourth-order valence-electron chi connectivity index (χ4n) is 2.30. The van der Waals surface area contributed by atoms with Gasteiger partial charge in [0.25, 0.3) is 5.56 Å². The van der Waals surface area contributed by atoms with Gasteiger partial charge in [-0.2, -0.15) is 0 Å². The maximum Gasteiger partial charge on any atom is 0.332 e. The molecule has 0 unspecified atom stereocenters. The second-order valence-corrected chi connectivity index (χ2v) is 5.72. The van der Waals surface area contributed by atoms with E-state index < -0.39 is 5.69 Å². The highest BCUT2D eigenvalue weighted by molar-refractivity contribution is 5.76. The lowest BCUT2D eigenvalue weighted by Gasteiger charge is -2.10. The fourth-order valence-corrected chi connectivity index (χ4v) is 2.30. The Morgan fingerprint density at radius 2 is 1.96 bits per heavy atom. The highest BCUT2D eigenvalue weighted by Crippen LogP contribution is 2.04. The molecular formula is C14H22N6O3. The van der Waals surface area contributed by atoms with Crippen LogP contribution < -0.4 is 16.6 Å². The summed E-state index contributed by atoms with van der Waals surface area (Å²) in [5.74, 6) is -0.0385. The molecule has 0 atom stereocenters. The summed E-state index contributed by atoms with van der Waals surface area (Å²) in [6, 6.07) is 0. The van der Waals surface area contributed by atoms with Gasteiger partial charge >= 0.3 is 5.69 Å². The number of hydrogen-bond donors (Lipinski definition) is 1. The minimum Gasteiger partial charge on any atom is -0.354 e. The summed E-state index contributed by atoms with van der Waals surface area (Å²) in [4.78, 5) is 41.9. The Kier molecular flexibility index (Phi) is 4.99. The summed E-state index contributed by atoms with van der Waals surface area (Å²) in [6.45, 7) is 1.49. The first kappa shape index (κ1) is 16.9. The summed E-state index contributed by atoms with van der Waals surface area (Å²) < 4.78 is 4.04. The van der Waals surface area contributed by atoms with Gasteiger partial charge in [-0.05, 0) is 14.1 Å². The van der Waals surface area contributed by atoms with Crippen molar-refractivity contribution in [3.8, 4) is 0 Å². The van der Waals surface area contributed by atoms with Crippen LogP contribution in [0.3, 0.4) is 0 Å². The second kappa shape index (κ2) is 6.78. The number of fused-ring (bicyclic) bond motifs is 1. The first-order valence-corrected chi connectivity index (χ1v) is 7.35. The topological polar surface area (TPSA) is 94.2 Å². The van der Waals surface area contributed by atoms with Crippen LogP contribution in [0.5, 0.6) is 0 Å². The van der Waals surface area contributed by atoms with Crippen molar-refractivity contribution < 1.29 is 4.79 Å². The lowest BCUT2D eigenvalue weighted by atomic mass is 10.4. The van der Waals surface area contributed by atoms with Gasteiger partial charge in [-0.25, -0.2) is 9.78 Å². The molecule has 2 aromatic rings. The van der Waals surface area contributed by atoms with E-state index in [0.717, 1.165) is 4.57 Å². The van der Waals surface area contributed by atoms with E-state index in [4.69, 9.17) is 0 Å². The van der Waals surface area contributed by atoms with Gasteiger partial charge in [-0.3, -0.25) is 18.7 Å². The Hall–Kier alpha value is -2.42. The maximum absolute atomic E-state index is 12.3. The molecule has 23 heavy (non-hydrogen) atoms. The zero-order valence-electron chi connectivity index (χ0n) is 13.9. The number of carbonyl (C=O) groups is 1. The van der Waals surface area contributed by atoms with Gasteiger partial charge in [-0.1, -0.05) is 0 Å². The van der Waals surface area contributed by atoms with Crippen molar-refractivity contribution in [2.24, 2.45) is 14.1 Å². The molecule has 2 aromatic heterocycles. The minimum atomic E-state index is -0.412. The smallest absolute Gasteiger partial charge is 0.332 e. The van der Waals surface area contributed by atoms with Crippen LogP contribution in [0, 0.1) is 0 Å². The number of aryl methyl sites for hydroxylation is 1. The van der Waals surface area contributed by atoms with E-state index in [0.29, 0.717) is 37.2 Å². The zero-order valence-corrected chi connectivity index (χ0v) is 13.9. The number of hydrogen-bond acceptors (Lipinski definition) is 5. The first-order valence-electron chi connectivity index (χ1n) is 7.35. The highest BCUT2D eigenvalue weighted by Gasteiger charge is 2.14. The zero-order chi connectivity index (χ0) is 17.1.